The number of alkyl halides is 2. The minimum absolute atomic E-state index is 0.0181. The van der Waals surface area contributed by atoms with E-state index in [1.807, 2.05) is 25.1 Å². The number of nitrogens with zero attached hydrogens (tertiary/aromatic N) is 2. The van der Waals surface area contributed by atoms with Crippen molar-refractivity contribution in [2.24, 2.45) is 0 Å². The number of furan rings is 1. The predicted octanol–water partition coefficient (Wildman–Crippen LogP) is 5.21. The van der Waals surface area contributed by atoms with Crippen molar-refractivity contribution in [3.63, 3.8) is 0 Å². The van der Waals surface area contributed by atoms with Gasteiger partial charge in [-0.2, -0.15) is 8.78 Å². The summed E-state index contributed by atoms with van der Waals surface area (Å²) in [7, 11) is 0. The number of ether oxygens (including phenoxy) is 1. The van der Waals surface area contributed by atoms with Crippen LogP contribution in [-0.2, 0) is 6.42 Å². The number of aryl methyl sites for hydroxylation is 3. The number of para-hydroxylation sites is 1. The van der Waals surface area contributed by atoms with Crippen molar-refractivity contribution < 1.29 is 22.7 Å². The molecule has 2 aromatic heterocycles. The first kappa shape index (κ1) is 18.6. The highest BCUT2D eigenvalue weighted by atomic mass is 32.1. The molecule has 0 fully saturated rings. The van der Waals surface area contributed by atoms with Gasteiger partial charge in [-0.25, -0.2) is 4.98 Å². The fourth-order valence-corrected chi connectivity index (χ4v) is 4.36. The predicted molar refractivity (Wildman–Crippen MR) is 102 cm³/mol. The average Bonchev–Trinajstić information content (AvgIpc) is 3.26. The van der Waals surface area contributed by atoms with Crippen molar-refractivity contribution >= 4 is 22.9 Å². The van der Waals surface area contributed by atoms with E-state index in [2.05, 4.69) is 9.72 Å². The summed E-state index contributed by atoms with van der Waals surface area (Å²) in [5.41, 5.74) is 1.82. The maximum atomic E-state index is 13.3. The van der Waals surface area contributed by atoms with E-state index in [1.165, 1.54) is 22.3 Å². The van der Waals surface area contributed by atoms with Crippen LogP contribution < -0.4 is 9.64 Å². The summed E-state index contributed by atoms with van der Waals surface area (Å²) in [4.78, 5) is 19.7. The first-order valence-corrected chi connectivity index (χ1v) is 9.68. The lowest BCUT2D eigenvalue weighted by atomic mass is 10.0. The van der Waals surface area contributed by atoms with Crippen LogP contribution in [0.3, 0.4) is 0 Å². The molecule has 8 heteroatoms. The molecule has 0 atom stereocenters. The van der Waals surface area contributed by atoms with E-state index in [0.29, 0.717) is 40.0 Å². The third-order valence-electron chi connectivity index (χ3n) is 4.58. The summed E-state index contributed by atoms with van der Waals surface area (Å²) in [6.45, 7) is 1.08. The zero-order valence-corrected chi connectivity index (χ0v) is 16.2. The van der Waals surface area contributed by atoms with Gasteiger partial charge in [-0.3, -0.25) is 4.79 Å². The first-order chi connectivity index (χ1) is 13.4. The van der Waals surface area contributed by atoms with Crippen LogP contribution in [0.2, 0.25) is 0 Å². The molecule has 1 aliphatic rings. The molecule has 4 rings (SSSR count). The van der Waals surface area contributed by atoms with Crippen LogP contribution in [0.15, 0.2) is 34.7 Å². The average molecular weight is 404 g/mol. The Morgan fingerprint density at radius 2 is 2.11 bits per heavy atom. The van der Waals surface area contributed by atoms with Gasteiger partial charge in [-0.1, -0.05) is 12.1 Å². The van der Waals surface area contributed by atoms with Gasteiger partial charge in [0.15, 0.2) is 10.8 Å². The molecule has 0 bridgehead atoms. The van der Waals surface area contributed by atoms with E-state index in [1.54, 1.807) is 13.0 Å². The van der Waals surface area contributed by atoms with Crippen molar-refractivity contribution in [3.05, 3.63) is 52.2 Å². The van der Waals surface area contributed by atoms with Gasteiger partial charge >= 0.3 is 6.61 Å². The Labute approximate surface area is 164 Å². The van der Waals surface area contributed by atoms with Gasteiger partial charge in [0.05, 0.1) is 11.4 Å². The lowest BCUT2D eigenvalue weighted by Gasteiger charge is -2.30. The summed E-state index contributed by atoms with van der Waals surface area (Å²) < 4.78 is 36.0. The molecule has 28 heavy (non-hydrogen) atoms. The maximum absolute atomic E-state index is 13.3. The number of thiazole rings is 1. The molecule has 0 spiro atoms. The molecule has 0 radical (unpaired) electrons. The number of hydrogen-bond donors (Lipinski definition) is 0. The minimum atomic E-state index is -2.95. The number of carbonyl (C=O) groups is 1. The molecule has 1 aliphatic heterocycles. The highest BCUT2D eigenvalue weighted by molar-refractivity contribution is 7.17. The van der Waals surface area contributed by atoms with Crippen molar-refractivity contribution in [1.82, 2.24) is 4.98 Å². The second-order valence-corrected chi connectivity index (χ2v) is 7.55. The quantitative estimate of drug-likeness (QED) is 0.599. The van der Waals surface area contributed by atoms with Crippen LogP contribution in [0.1, 0.15) is 33.1 Å². The molecule has 0 unspecified atom stereocenters. The largest absolute Gasteiger partial charge is 0.459 e. The highest BCUT2D eigenvalue weighted by Crippen LogP contribution is 2.39. The van der Waals surface area contributed by atoms with Crippen LogP contribution in [0.4, 0.5) is 14.5 Å². The minimum Gasteiger partial charge on any atom is -0.459 e. The fraction of sp³-hybridized carbons (Fsp3) is 0.300. The molecule has 3 heterocycles. The molecule has 1 aromatic carbocycles. The van der Waals surface area contributed by atoms with Gasteiger partial charge < -0.3 is 14.1 Å². The Bertz CT molecular complexity index is 1030. The van der Waals surface area contributed by atoms with E-state index < -0.39 is 6.61 Å². The number of hydrogen-bond acceptors (Lipinski definition) is 5. The molecule has 146 valence electrons. The Kier molecular flexibility index (Phi) is 4.89. The van der Waals surface area contributed by atoms with Gasteiger partial charge in [0.2, 0.25) is 0 Å². The summed E-state index contributed by atoms with van der Waals surface area (Å²) in [6.07, 6.45) is 1.46. The standard InChI is InChI=1S/C20H18F2N2O3S/c1-11-8-9-15(26-11)18-23-12(2)17(28-18)19(25)24-10-4-6-13-5-3-7-14(16(13)24)27-20(21)22/h3,5,7-9,20H,4,6,10H2,1-2H3. The molecule has 0 saturated carbocycles. The van der Waals surface area contributed by atoms with Crippen LogP contribution >= 0.6 is 11.3 Å². The third kappa shape index (κ3) is 3.40. The summed E-state index contributed by atoms with van der Waals surface area (Å²) in [6, 6.07) is 8.62. The number of anilines is 1. The third-order valence-corrected chi connectivity index (χ3v) is 5.74. The molecule has 0 saturated heterocycles. The Hall–Kier alpha value is -2.74. The van der Waals surface area contributed by atoms with Crippen LogP contribution in [0.5, 0.6) is 5.75 Å². The summed E-state index contributed by atoms with van der Waals surface area (Å²) >= 11 is 1.24. The van der Waals surface area contributed by atoms with E-state index in [9.17, 15) is 13.6 Å². The van der Waals surface area contributed by atoms with Gasteiger partial charge in [-0.05, 0) is 50.5 Å². The Morgan fingerprint density at radius 3 is 2.82 bits per heavy atom. The van der Waals surface area contributed by atoms with Gasteiger partial charge in [0.25, 0.3) is 5.91 Å². The van der Waals surface area contributed by atoms with Crippen LogP contribution in [0.25, 0.3) is 10.8 Å². The lowest BCUT2D eigenvalue weighted by molar-refractivity contribution is -0.0495. The zero-order valence-electron chi connectivity index (χ0n) is 15.4. The molecule has 0 aliphatic carbocycles. The molecular formula is C20H18F2N2O3S. The summed E-state index contributed by atoms with van der Waals surface area (Å²) in [5, 5.41) is 0.614. The molecule has 1 amide bonds. The number of fused-ring (bicyclic) bond motifs is 1. The zero-order chi connectivity index (χ0) is 19.8. The van der Waals surface area contributed by atoms with Crippen molar-refractivity contribution in [1.29, 1.82) is 0 Å². The van der Waals surface area contributed by atoms with Crippen molar-refractivity contribution in [2.75, 3.05) is 11.4 Å². The number of benzene rings is 1. The number of amides is 1. The van der Waals surface area contributed by atoms with Gasteiger partial charge in [-0.15, -0.1) is 11.3 Å². The lowest BCUT2D eigenvalue weighted by Crippen LogP contribution is -2.36. The first-order valence-electron chi connectivity index (χ1n) is 8.87. The van der Waals surface area contributed by atoms with Gasteiger partial charge in [0.1, 0.15) is 16.4 Å². The topological polar surface area (TPSA) is 55.6 Å². The second-order valence-electron chi connectivity index (χ2n) is 6.55. The maximum Gasteiger partial charge on any atom is 0.387 e. The summed E-state index contributed by atoms with van der Waals surface area (Å²) in [5.74, 6) is 1.11. The van der Waals surface area contributed by atoms with Crippen LogP contribution in [0, 0.1) is 13.8 Å². The van der Waals surface area contributed by atoms with E-state index in [4.69, 9.17) is 4.42 Å². The second kappa shape index (κ2) is 7.35. The molecule has 3 aromatic rings. The number of carbonyl (C=O) groups excluding carboxylic acids is 1. The SMILES string of the molecule is Cc1ccc(-c2nc(C)c(C(=O)N3CCCc4cccc(OC(F)F)c43)s2)o1. The number of aromatic nitrogens is 1. The highest BCUT2D eigenvalue weighted by Gasteiger charge is 2.30. The van der Waals surface area contributed by atoms with Gasteiger partial charge in [0, 0.05) is 6.54 Å². The van der Waals surface area contributed by atoms with E-state index >= 15 is 0 Å². The van der Waals surface area contributed by atoms with Crippen molar-refractivity contribution in [3.8, 4) is 16.5 Å². The fourth-order valence-electron chi connectivity index (χ4n) is 3.38. The Balaban J connectivity index is 1.72. The van der Waals surface area contributed by atoms with E-state index in [0.717, 1.165) is 17.7 Å². The normalized spacial score (nSPS) is 13.7. The monoisotopic (exact) mass is 404 g/mol. The number of halogens is 2. The molecular weight excluding hydrogens is 386 g/mol. The van der Waals surface area contributed by atoms with Crippen LogP contribution in [-0.4, -0.2) is 24.0 Å². The van der Waals surface area contributed by atoms with E-state index in [-0.39, 0.29) is 11.7 Å². The Morgan fingerprint density at radius 1 is 1.29 bits per heavy atom. The smallest absolute Gasteiger partial charge is 0.387 e. The molecule has 5 nitrogen and oxygen atoms in total. The van der Waals surface area contributed by atoms with Crippen molar-refractivity contribution in [2.45, 2.75) is 33.3 Å². The number of rotatable bonds is 4. The molecule has 0 N–H and O–H groups in total.